The van der Waals surface area contributed by atoms with E-state index in [1.54, 1.807) is 18.6 Å². The normalized spacial score (nSPS) is 16.5. The van der Waals surface area contributed by atoms with Crippen molar-refractivity contribution in [2.75, 3.05) is 6.54 Å². The van der Waals surface area contributed by atoms with Crippen LogP contribution >= 0.6 is 0 Å². The van der Waals surface area contributed by atoms with E-state index >= 15 is 0 Å². The molecule has 28 heavy (non-hydrogen) atoms. The molecule has 1 aliphatic rings. The molecule has 4 rings (SSSR count). The maximum atomic E-state index is 12.9. The molecule has 0 N–H and O–H groups in total. The quantitative estimate of drug-likeness (QED) is 0.661. The van der Waals surface area contributed by atoms with Gasteiger partial charge in [0.15, 0.2) is 5.82 Å². The van der Waals surface area contributed by atoms with Gasteiger partial charge in [0.05, 0.1) is 24.1 Å². The summed E-state index contributed by atoms with van der Waals surface area (Å²) in [7, 11) is 0. The van der Waals surface area contributed by atoms with Crippen LogP contribution in [0.25, 0.3) is 5.82 Å². The highest BCUT2D eigenvalue weighted by Gasteiger charge is 2.31. The number of rotatable bonds is 6. The van der Waals surface area contributed by atoms with Gasteiger partial charge in [-0.05, 0) is 24.8 Å². The molecule has 0 radical (unpaired) electrons. The number of hydrogen-bond acceptors (Lipinski definition) is 4. The molecule has 1 amide bonds. The summed E-state index contributed by atoms with van der Waals surface area (Å²) in [5.41, 5.74) is 2.06. The first kappa shape index (κ1) is 18.3. The van der Waals surface area contributed by atoms with Crippen molar-refractivity contribution >= 4 is 5.91 Å². The first-order valence-electron chi connectivity index (χ1n) is 9.94. The molecule has 0 spiro atoms. The van der Waals surface area contributed by atoms with Crippen molar-refractivity contribution in [2.45, 2.75) is 45.1 Å². The lowest BCUT2D eigenvalue weighted by atomic mass is 10.1. The average Bonchev–Trinajstić information content (AvgIpc) is 3.42. The summed E-state index contributed by atoms with van der Waals surface area (Å²) >= 11 is 0. The molecule has 2 aromatic heterocycles. The van der Waals surface area contributed by atoms with Crippen molar-refractivity contribution in [3.05, 3.63) is 72.2 Å². The summed E-state index contributed by atoms with van der Waals surface area (Å²) in [4.78, 5) is 28.4. The Hall–Kier alpha value is -3.02. The second-order valence-electron chi connectivity index (χ2n) is 7.10. The van der Waals surface area contributed by atoms with Gasteiger partial charge in [-0.1, -0.05) is 37.3 Å². The Morgan fingerprint density at radius 1 is 1.21 bits per heavy atom. The third-order valence-corrected chi connectivity index (χ3v) is 5.31. The topological polar surface area (TPSA) is 63.9 Å². The molecular formula is C22H25N5O. The maximum Gasteiger partial charge on any atom is 0.223 e. The summed E-state index contributed by atoms with van der Waals surface area (Å²) in [6, 6.07) is 10.2. The number of amides is 1. The molecule has 0 saturated carbocycles. The number of hydrogen-bond donors (Lipinski definition) is 0. The van der Waals surface area contributed by atoms with E-state index in [0.29, 0.717) is 6.42 Å². The third kappa shape index (κ3) is 3.81. The molecule has 3 heterocycles. The van der Waals surface area contributed by atoms with Crippen molar-refractivity contribution < 1.29 is 4.79 Å². The van der Waals surface area contributed by atoms with E-state index in [-0.39, 0.29) is 11.9 Å². The lowest BCUT2D eigenvalue weighted by Gasteiger charge is -2.24. The van der Waals surface area contributed by atoms with Crippen LogP contribution in [0.3, 0.4) is 0 Å². The van der Waals surface area contributed by atoms with Gasteiger partial charge in [-0.15, -0.1) is 0 Å². The lowest BCUT2D eigenvalue weighted by Crippen LogP contribution is -2.31. The second-order valence-corrected chi connectivity index (χ2v) is 7.10. The summed E-state index contributed by atoms with van der Waals surface area (Å²) in [6.07, 6.45) is 11.3. The largest absolute Gasteiger partial charge is 0.334 e. The van der Waals surface area contributed by atoms with E-state index in [2.05, 4.69) is 29.0 Å². The Labute approximate surface area is 165 Å². The molecule has 1 aromatic carbocycles. The lowest BCUT2D eigenvalue weighted by molar-refractivity contribution is -0.132. The van der Waals surface area contributed by atoms with Crippen LogP contribution in [0.1, 0.15) is 49.3 Å². The van der Waals surface area contributed by atoms with E-state index in [1.165, 1.54) is 5.56 Å². The van der Waals surface area contributed by atoms with Crippen LogP contribution in [0.2, 0.25) is 0 Å². The highest BCUT2D eigenvalue weighted by molar-refractivity contribution is 5.77. The van der Waals surface area contributed by atoms with Gasteiger partial charge in [-0.25, -0.2) is 9.97 Å². The zero-order valence-corrected chi connectivity index (χ0v) is 16.2. The maximum absolute atomic E-state index is 12.9. The van der Waals surface area contributed by atoms with E-state index < -0.39 is 0 Å². The fourth-order valence-corrected chi connectivity index (χ4v) is 3.86. The van der Waals surface area contributed by atoms with Gasteiger partial charge in [0.2, 0.25) is 5.91 Å². The summed E-state index contributed by atoms with van der Waals surface area (Å²) < 4.78 is 1.97. The summed E-state index contributed by atoms with van der Waals surface area (Å²) in [5, 5.41) is 0. The van der Waals surface area contributed by atoms with Crippen LogP contribution in [-0.4, -0.2) is 36.9 Å². The first-order valence-corrected chi connectivity index (χ1v) is 9.94. The van der Waals surface area contributed by atoms with E-state index in [1.807, 2.05) is 33.9 Å². The SMILES string of the molecule is CCc1nccn1-c1cncc([C@@H]2CCCN2C(=O)CCc2ccccc2)n1. The van der Waals surface area contributed by atoms with Crippen molar-refractivity contribution in [3.8, 4) is 5.82 Å². The summed E-state index contributed by atoms with van der Waals surface area (Å²) in [5.74, 6) is 1.90. The minimum Gasteiger partial charge on any atom is -0.334 e. The smallest absolute Gasteiger partial charge is 0.223 e. The Morgan fingerprint density at radius 2 is 2.07 bits per heavy atom. The van der Waals surface area contributed by atoms with Gasteiger partial charge in [0.1, 0.15) is 5.82 Å². The Kier molecular flexibility index (Phi) is 5.46. The van der Waals surface area contributed by atoms with E-state index in [0.717, 1.165) is 49.6 Å². The third-order valence-electron chi connectivity index (χ3n) is 5.31. The predicted molar refractivity (Wildman–Crippen MR) is 107 cm³/mol. The molecule has 6 heteroatoms. The molecular weight excluding hydrogens is 350 g/mol. The fourth-order valence-electron chi connectivity index (χ4n) is 3.86. The highest BCUT2D eigenvalue weighted by atomic mass is 16.2. The number of benzene rings is 1. The second kappa shape index (κ2) is 8.33. The minimum atomic E-state index is 0.00400. The number of carbonyl (C=O) groups is 1. The molecule has 144 valence electrons. The number of nitrogens with zero attached hydrogens (tertiary/aromatic N) is 5. The fraction of sp³-hybridized carbons (Fsp3) is 0.364. The number of aryl methyl sites for hydroxylation is 2. The van der Waals surface area contributed by atoms with Gasteiger partial charge in [0, 0.05) is 31.8 Å². The van der Waals surface area contributed by atoms with Crippen LogP contribution < -0.4 is 0 Å². The number of imidazole rings is 1. The zero-order chi connectivity index (χ0) is 19.3. The van der Waals surface area contributed by atoms with Crippen molar-refractivity contribution in [1.82, 2.24) is 24.4 Å². The number of likely N-dealkylation sites (tertiary alicyclic amines) is 1. The molecule has 0 unspecified atom stereocenters. The molecule has 3 aromatic rings. The Bertz CT molecular complexity index is 937. The first-order chi connectivity index (χ1) is 13.8. The van der Waals surface area contributed by atoms with Crippen molar-refractivity contribution in [1.29, 1.82) is 0 Å². The highest BCUT2D eigenvalue weighted by Crippen LogP contribution is 2.31. The van der Waals surface area contributed by atoms with Crippen LogP contribution in [-0.2, 0) is 17.6 Å². The van der Waals surface area contributed by atoms with Crippen LogP contribution in [0.4, 0.5) is 0 Å². The predicted octanol–water partition coefficient (Wildman–Crippen LogP) is 3.52. The number of aromatic nitrogens is 4. The van der Waals surface area contributed by atoms with Gasteiger partial charge in [0.25, 0.3) is 0 Å². The van der Waals surface area contributed by atoms with Crippen molar-refractivity contribution in [3.63, 3.8) is 0 Å². The minimum absolute atomic E-state index is 0.00400. The van der Waals surface area contributed by atoms with Crippen molar-refractivity contribution in [2.24, 2.45) is 0 Å². The van der Waals surface area contributed by atoms with E-state index in [9.17, 15) is 4.79 Å². The van der Waals surface area contributed by atoms with Crippen LogP contribution in [0, 0.1) is 0 Å². The zero-order valence-electron chi connectivity index (χ0n) is 16.2. The number of carbonyl (C=O) groups excluding carboxylic acids is 1. The van der Waals surface area contributed by atoms with Crippen LogP contribution in [0.5, 0.6) is 0 Å². The summed E-state index contributed by atoms with van der Waals surface area (Å²) in [6.45, 7) is 2.86. The van der Waals surface area contributed by atoms with Gasteiger partial charge in [-0.2, -0.15) is 0 Å². The Balaban J connectivity index is 1.50. The van der Waals surface area contributed by atoms with Gasteiger partial charge < -0.3 is 4.90 Å². The molecule has 1 saturated heterocycles. The molecule has 1 fully saturated rings. The molecule has 0 bridgehead atoms. The van der Waals surface area contributed by atoms with Crippen LogP contribution in [0.15, 0.2) is 55.1 Å². The standard InChI is InChI=1S/C22H25N5O/c1-2-20-24-12-14-27(20)21-16-23-15-18(25-21)19-9-6-13-26(19)22(28)11-10-17-7-4-3-5-8-17/h3-5,7-8,12,14-16,19H,2,6,9-11,13H2,1H3/t19-/m0/s1. The monoisotopic (exact) mass is 375 g/mol. The van der Waals surface area contributed by atoms with E-state index in [4.69, 9.17) is 4.98 Å². The molecule has 0 aliphatic carbocycles. The van der Waals surface area contributed by atoms with Gasteiger partial charge >= 0.3 is 0 Å². The average molecular weight is 375 g/mol. The Morgan fingerprint density at radius 3 is 2.89 bits per heavy atom. The van der Waals surface area contributed by atoms with Gasteiger partial charge in [-0.3, -0.25) is 14.3 Å². The molecule has 6 nitrogen and oxygen atoms in total. The molecule has 1 atom stereocenters. The molecule has 1 aliphatic heterocycles.